The maximum Gasteiger partial charge on any atom is 0.411 e. The van der Waals surface area contributed by atoms with Crippen molar-refractivity contribution in [3.63, 3.8) is 0 Å². The van der Waals surface area contributed by atoms with Gasteiger partial charge in [0.05, 0.1) is 5.69 Å². The third-order valence-electron chi connectivity index (χ3n) is 6.41. The summed E-state index contributed by atoms with van der Waals surface area (Å²) < 4.78 is 0. The highest BCUT2D eigenvalue weighted by Crippen LogP contribution is 2.36. The van der Waals surface area contributed by atoms with E-state index in [0.29, 0.717) is 24.5 Å². The number of benzene rings is 2. The number of hydrogen-bond acceptors (Lipinski definition) is 4. The van der Waals surface area contributed by atoms with Gasteiger partial charge in [-0.3, -0.25) is 9.80 Å². The van der Waals surface area contributed by atoms with Gasteiger partial charge in [0, 0.05) is 41.8 Å². The van der Waals surface area contributed by atoms with Crippen molar-refractivity contribution in [2.45, 2.75) is 52.2 Å². The Hall–Kier alpha value is -2.70. The Bertz CT molecular complexity index is 1040. The topological polar surface area (TPSA) is 56.7 Å². The second kappa shape index (κ2) is 9.84. The minimum Gasteiger partial charge on any atom is -0.465 e. The summed E-state index contributed by atoms with van der Waals surface area (Å²) in [5, 5.41) is 13.0. The molecule has 0 aliphatic carbocycles. The van der Waals surface area contributed by atoms with E-state index in [4.69, 9.17) is 0 Å². The number of likely N-dealkylation sites (tertiary alicyclic amines) is 1. The third-order valence-corrected chi connectivity index (χ3v) is 7.40. The van der Waals surface area contributed by atoms with Crippen LogP contribution >= 0.6 is 11.3 Å². The van der Waals surface area contributed by atoms with Crippen LogP contribution in [-0.2, 0) is 6.54 Å². The van der Waals surface area contributed by atoms with Crippen molar-refractivity contribution >= 4 is 23.1 Å². The normalized spacial score (nSPS) is 21.4. The highest BCUT2D eigenvalue weighted by Gasteiger charge is 2.33. The fourth-order valence-corrected chi connectivity index (χ4v) is 5.76. The van der Waals surface area contributed by atoms with Gasteiger partial charge < -0.3 is 5.11 Å². The molecule has 1 N–H and O–H groups in total. The lowest BCUT2D eigenvalue weighted by atomic mass is 9.86. The number of anilines is 1. The SMILES string of the molecule is Cc1csc(-c2ccccc2N(CC2C[C@@H](C)N(Cc3ccccc3)[C@@H](C)C2)C(=O)O)n1. The summed E-state index contributed by atoms with van der Waals surface area (Å²) in [6.07, 6.45) is 1.07. The number of piperidine rings is 1. The van der Waals surface area contributed by atoms with Gasteiger partial charge in [0.1, 0.15) is 5.01 Å². The van der Waals surface area contributed by atoms with Crippen molar-refractivity contribution in [2.24, 2.45) is 5.92 Å². The summed E-state index contributed by atoms with van der Waals surface area (Å²) in [5.41, 5.74) is 3.89. The second-order valence-electron chi connectivity index (χ2n) is 8.90. The van der Waals surface area contributed by atoms with Crippen molar-refractivity contribution in [2.75, 3.05) is 11.4 Å². The zero-order valence-corrected chi connectivity index (χ0v) is 19.8. The van der Waals surface area contributed by atoms with Gasteiger partial charge in [0.15, 0.2) is 0 Å². The summed E-state index contributed by atoms with van der Waals surface area (Å²) >= 11 is 1.56. The molecule has 2 heterocycles. The molecule has 0 saturated carbocycles. The summed E-state index contributed by atoms with van der Waals surface area (Å²) in [6, 6.07) is 19.1. The molecule has 2 aromatic carbocycles. The fourth-order valence-electron chi connectivity index (χ4n) is 4.93. The van der Waals surface area contributed by atoms with Crippen LogP contribution in [0.4, 0.5) is 10.5 Å². The molecule has 1 fully saturated rings. The molecule has 0 spiro atoms. The molecule has 4 rings (SSSR count). The first-order valence-electron chi connectivity index (χ1n) is 11.2. The molecule has 1 aliphatic rings. The maximum absolute atomic E-state index is 12.3. The van der Waals surface area contributed by atoms with E-state index in [2.05, 4.69) is 48.0 Å². The molecule has 0 radical (unpaired) electrons. The number of rotatable bonds is 6. The Morgan fingerprint density at radius 3 is 2.38 bits per heavy atom. The quantitative estimate of drug-likeness (QED) is 0.480. The highest BCUT2D eigenvalue weighted by molar-refractivity contribution is 7.13. The van der Waals surface area contributed by atoms with Crippen molar-refractivity contribution in [1.82, 2.24) is 9.88 Å². The first-order valence-corrected chi connectivity index (χ1v) is 12.1. The smallest absolute Gasteiger partial charge is 0.411 e. The summed E-state index contributed by atoms with van der Waals surface area (Å²) in [5.74, 6) is 0.314. The van der Waals surface area contributed by atoms with E-state index in [-0.39, 0.29) is 0 Å². The van der Waals surface area contributed by atoms with Crippen LogP contribution in [0.1, 0.15) is 37.9 Å². The van der Waals surface area contributed by atoms with Gasteiger partial charge in [-0.25, -0.2) is 9.78 Å². The van der Waals surface area contributed by atoms with E-state index in [1.807, 2.05) is 42.6 Å². The molecule has 32 heavy (non-hydrogen) atoms. The molecule has 168 valence electrons. The number of carbonyl (C=O) groups is 1. The fraction of sp³-hybridized carbons (Fsp3) is 0.385. The minimum atomic E-state index is -0.905. The summed E-state index contributed by atoms with van der Waals surface area (Å²) in [7, 11) is 0. The highest BCUT2D eigenvalue weighted by atomic mass is 32.1. The number of nitrogens with zero attached hydrogens (tertiary/aromatic N) is 3. The maximum atomic E-state index is 12.3. The van der Waals surface area contributed by atoms with Crippen LogP contribution in [0.25, 0.3) is 10.6 Å². The molecule has 1 saturated heterocycles. The van der Waals surface area contributed by atoms with Crippen molar-refractivity contribution in [3.05, 3.63) is 71.2 Å². The zero-order valence-electron chi connectivity index (χ0n) is 18.9. The molecular formula is C26H31N3O2S. The first kappa shape index (κ1) is 22.5. The lowest BCUT2D eigenvalue weighted by molar-refractivity contribution is 0.0645. The predicted molar refractivity (Wildman–Crippen MR) is 131 cm³/mol. The Morgan fingerprint density at radius 2 is 1.75 bits per heavy atom. The standard InChI is InChI=1S/C26H31N3O2S/c1-18-17-32-25(27-18)23-11-7-8-12-24(23)29(26(30)31)16-22-13-19(2)28(20(3)14-22)15-21-9-5-4-6-10-21/h4-12,17,19-20,22H,13-16H2,1-3H3,(H,30,31)/t19-,20+,22?. The molecule has 1 aliphatic heterocycles. The van der Waals surface area contributed by atoms with E-state index in [1.165, 1.54) is 10.5 Å². The molecule has 1 amide bonds. The summed E-state index contributed by atoms with van der Waals surface area (Å²) in [4.78, 5) is 21.0. The first-order chi connectivity index (χ1) is 15.4. The largest absolute Gasteiger partial charge is 0.465 e. The van der Waals surface area contributed by atoms with E-state index in [1.54, 1.807) is 11.3 Å². The molecule has 3 atom stereocenters. The molecule has 3 aromatic rings. The van der Waals surface area contributed by atoms with Crippen molar-refractivity contribution in [3.8, 4) is 10.6 Å². The van der Waals surface area contributed by atoms with Crippen molar-refractivity contribution < 1.29 is 9.90 Å². The van der Waals surface area contributed by atoms with Gasteiger partial charge in [-0.1, -0.05) is 42.5 Å². The molecule has 1 aromatic heterocycles. The Kier molecular flexibility index (Phi) is 6.92. The van der Waals surface area contributed by atoms with Gasteiger partial charge in [0.2, 0.25) is 0 Å². The zero-order chi connectivity index (χ0) is 22.7. The molecule has 0 bridgehead atoms. The van der Waals surface area contributed by atoms with E-state index < -0.39 is 6.09 Å². The van der Waals surface area contributed by atoms with E-state index in [9.17, 15) is 9.90 Å². The number of thiazole rings is 1. The minimum absolute atomic E-state index is 0.314. The van der Waals surface area contributed by atoms with Gasteiger partial charge in [-0.15, -0.1) is 11.3 Å². The van der Waals surface area contributed by atoms with Gasteiger partial charge in [0.25, 0.3) is 0 Å². The number of hydrogen-bond donors (Lipinski definition) is 1. The van der Waals surface area contributed by atoms with Crippen LogP contribution in [-0.4, -0.2) is 39.7 Å². The number of carboxylic acid groups (broad SMARTS) is 1. The Labute approximate surface area is 194 Å². The Morgan fingerprint density at radius 1 is 1.09 bits per heavy atom. The average molecular weight is 450 g/mol. The number of aromatic nitrogens is 1. The average Bonchev–Trinajstić information content (AvgIpc) is 3.21. The molecule has 1 unspecified atom stereocenters. The van der Waals surface area contributed by atoms with Crippen LogP contribution < -0.4 is 4.90 Å². The lowest BCUT2D eigenvalue weighted by Gasteiger charge is -2.43. The third kappa shape index (κ3) is 5.03. The van der Waals surface area contributed by atoms with E-state index in [0.717, 1.165) is 41.3 Å². The molecule has 6 heteroatoms. The Balaban J connectivity index is 1.51. The number of amides is 1. The number of para-hydroxylation sites is 1. The van der Waals surface area contributed by atoms with Crippen LogP contribution in [0.5, 0.6) is 0 Å². The van der Waals surface area contributed by atoms with Crippen LogP contribution in [0.3, 0.4) is 0 Å². The monoisotopic (exact) mass is 449 g/mol. The van der Waals surface area contributed by atoms with Gasteiger partial charge in [-0.05, 0) is 57.2 Å². The van der Waals surface area contributed by atoms with Crippen LogP contribution in [0, 0.1) is 12.8 Å². The van der Waals surface area contributed by atoms with Gasteiger partial charge >= 0.3 is 6.09 Å². The molecular weight excluding hydrogens is 418 g/mol. The molecule has 5 nitrogen and oxygen atoms in total. The predicted octanol–water partition coefficient (Wildman–Crippen LogP) is 6.29. The van der Waals surface area contributed by atoms with Crippen molar-refractivity contribution in [1.29, 1.82) is 0 Å². The van der Waals surface area contributed by atoms with Crippen LogP contribution in [0.2, 0.25) is 0 Å². The summed E-state index contributed by atoms with van der Waals surface area (Å²) in [6.45, 7) is 7.94. The van der Waals surface area contributed by atoms with Crippen LogP contribution in [0.15, 0.2) is 60.0 Å². The number of aryl methyl sites for hydroxylation is 1. The van der Waals surface area contributed by atoms with E-state index >= 15 is 0 Å². The lowest BCUT2D eigenvalue weighted by Crippen LogP contribution is -2.48. The van der Waals surface area contributed by atoms with Gasteiger partial charge in [-0.2, -0.15) is 0 Å². The second-order valence-corrected chi connectivity index (χ2v) is 9.76.